The van der Waals surface area contributed by atoms with Crippen molar-refractivity contribution >= 4 is 28.9 Å². The van der Waals surface area contributed by atoms with Crippen molar-refractivity contribution in [2.24, 2.45) is 10.2 Å². The molecular weight excluding hydrogens is 383 g/mol. The average Bonchev–Trinajstić information content (AvgIpc) is 3.31. The second-order valence-corrected chi connectivity index (χ2v) is 8.08. The first-order valence-corrected chi connectivity index (χ1v) is 9.92. The van der Waals surface area contributed by atoms with Crippen molar-refractivity contribution in [2.75, 3.05) is 31.2 Å². The first-order valence-electron chi connectivity index (χ1n) is 9.17. The van der Waals surface area contributed by atoms with E-state index >= 15 is 0 Å². The van der Waals surface area contributed by atoms with E-state index in [-0.39, 0.29) is 0 Å². The highest BCUT2D eigenvalue weighted by atomic mass is 35.5. The summed E-state index contributed by atoms with van der Waals surface area (Å²) in [4.78, 5) is 4.40. The third-order valence-electron chi connectivity index (χ3n) is 5.26. The molecule has 0 aromatic heterocycles. The first-order chi connectivity index (χ1) is 13.1. The van der Waals surface area contributed by atoms with Crippen molar-refractivity contribution in [3.05, 3.63) is 63.4 Å². The van der Waals surface area contributed by atoms with Crippen LogP contribution in [0.15, 0.2) is 63.6 Å². The fourth-order valence-electron chi connectivity index (χ4n) is 4.01. The molecule has 140 valence electrons. The zero-order chi connectivity index (χ0) is 18.5. The summed E-state index contributed by atoms with van der Waals surface area (Å²) in [7, 11) is 0. The number of nitrogens with zero attached hydrogens (tertiary/aromatic N) is 6. The van der Waals surface area contributed by atoms with Gasteiger partial charge in [0.25, 0.3) is 0 Å². The van der Waals surface area contributed by atoms with Gasteiger partial charge in [0, 0.05) is 24.7 Å². The number of allylic oxidation sites excluding steroid dienone is 1. The number of anilines is 1. The topological polar surface area (TPSA) is 37.7 Å². The van der Waals surface area contributed by atoms with E-state index in [1.165, 1.54) is 18.4 Å². The van der Waals surface area contributed by atoms with Gasteiger partial charge in [-0.25, -0.2) is 5.01 Å². The summed E-state index contributed by atoms with van der Waals surface area (Å²) in [6.45, 7) is 5.74. The van der Waals surface area contributed by atoms with Crippen LogP contribution >= 0.6 is 23.2 Å². The van der Waals surface area contributed by atoms with Crippen molar-refractivity contribution in [2.45, 2.75) is 19.8 Å². The maximum absolute atomic E-state index is 6.54. The molecule has 4 aliphatic heterocycles. The Labute approximate surface area is 168 Å². The van der Waals surface area contributed by atoms with Crippen LogP contribution in [0, 0.1) is 0 Å². The van der Waals surface area contributed by atoms with Gasteiger partial charge in [-0.1, -0.05) is 28.8 Å². The van der Waals surface area contributed by atoms with Crippen molar-refractivity contribution in [3.63, 3.8) is 0 Å². The molecule has 0 saturated carbocycles. The van der Waals surface area contributed by atoms with Gasteiger partial charge >= 0.3 is 0 Å². The molecule has 6 nitrogen and oxygen atoms in total. The predicted molar refractivity (Wildman–Crippen MR) is 107 cm³/mol. The molecule has 4 heterocycles. The van der Waals surface area contributed by atoms with Crippen LogP contribution in [0.2, 0.25) is 10.0 Å². The number of hydrogen-bond acceptors (Lipinski definition) is 6. The quantitative estimate of drug-likeness (QED) is 0.713. The molecule has 0 bridgehead atoms. The second kappa shape index (κ2) is 6.55. The monoisotopic (exact) mass is 402 g/mol. The molecule has 0 N–H and O–H groups in total. The number of benzene rings is 1. The molecule has 1 saturated heterocycles. The lowest BCUT2D eigenvalue weighted by Crippen LogP contribution is -2.43. The predicted octanol–water partition coefficient (Wildman–Crippen LogP) is 4.78. The Kier molecular flexibility index (Phi) is 4.15. The Morgan fingerprint density at radius 3 is 2.67 bits per heavy atom. The summed E-state index contributed by atoms with van der Waals surface area (Å²) in [6.07, 6.45) is 6.66. The summed E-state index contributed by atoms with van der Waals surface area (Å²) in [6, 6.07) is 5.57. The highest BCUT2D eigenvalue weighted by Gasteiger charge is 2.37. The van der Waals surface area contributed by atoms with Crippen LogP contribution in [0.3, 0.4) is 0 Å². The molecule has 1 fully saturated rings. The lowest BCUT2D eigenvalue weighted by Gasteiger charge is -2.39. The molecule has 5 rings (SSSR count). The van der Waals surface area contributed by atoms with Crippen LogP contribution in [0.4, 0.5) is 5.69 Å². The smallest absolute Gasteiger partial charge is 0.176 e. The molecule has 0 unspecified atom stereocenters. The Morgan fingerprint density at radius 1 is 1.04 bits per heavy atom. The molecule has 0 radical (unpaired) electrons. The molecule has 0 atom stereocenters. The van der Waals surface area contributed by atoms with Gasteiger partial charge in [-0.05, 0) is 44.0 Å². The van der Waals surface area contributed by atoms with E-state index in [0.29, 0.717) is 10.0 Å². The summed E-state index contributed by atoms with van der Waals surface area (Å²) in [5.74, 6) is 1.87. The number of hydrazine groups is 1. The molecular formula is C19H20Cl2N6. The van der Waals surface area contributed by atoms with Crippen LogP contribution in [0.25, 0.3) is 0 Å². The Hall–Kier alpha value is -2.02. The second-order valence-electron chi connectivity index (χ2n) is 7.24. The molecule has 0 spiro atoms. The van der Waals surface area contributed by atoms with Crippen LogP contribution in [-0.4, -0.2) is 41.2 Å². The first kappa shape index (κ1) is 17.1. The number of hydrogen-bond donors (Lipinski definition) is 0. The van der Waals surface area contributed by atoms with Crippen LogP contribution < -0.4 is 4.90 Å². The minimum Gasteiger partial charge on any atom is -0.320 e. The van der Waals surface area contributed by atoms with Crippen molar-refractivity contribution in [3.8, 4) is 0 Å². The van der Waals surface area contributed by atoms with Gasteiger partial charge in [0.2, 0.25) is 0 Å². The third-order valence-corrected chi connectivity index (χ3v) is 5.82. The van der Waals surface area contributed by atoms with Crippen molar-refractivity contribution in [1.82, 2.24) is 14.9 Å². The van der Waals surface area contributed by atoms with E-state index in [2.05, 4.69) is 49.2 Å². The third kappa shape index (κ3) is 2.92. The molecule has 1 aromatic rings. The molecule has 27 heavy (non-hydrogen) atoms. The highest BCUT2D eigenvalue weighted by molar-refractivity contribution is 6.35. The van der Waals surface area contributed by atoms with E-state index in [0.717, 1.165) is 49.3 Å². The van der Waals surface area contributed by atoms with Gasteiger partial charge in [-0.3, -0.25) is 9.91 Å². The number of rotatable bonds is 2. The van der Waals surface area contributed by atoms with Gasteiger partial charge in [-0.2, -0.15) is 0 Å². The van der Waals surface area contributed by atoms with Gasteiger partial charge in [0.05, 0.1) is 16.9 Å². The van der Waals surface area contributed by atoms with E-state index in [1.807, 2.05) is 18.2 Å². The minimum atomic E-state index is 0.664. The Morgan fingerprint density at radius 2 is 1.85 bits per heavy atom. The standard InChI is InChI=1S/C19H20Cl2N6/c1-13-8-16-19(26(10-13)17-9-14(20)4-5-15(17)21)27-12-25(11-18(27)23-22-16)24-6-2-3-7-24/h4-5,8-9,11H,2-3,6-7,10,12H2,1H3. The van der Waals surface area contributed by atoms with Gasteiger partial charge in [0.15, 0.2) is 5.82 Å². The summed E-state index contributed by atoms with van der Waals surface area (Å²) in [5.41, 5.74) is 2.95. The lowest BCUT2D eigenvalue weighted by molar-refractivity contribution is 0.0338. The maximum atomic E-state index is 6.54. The number of azo groups is 1. The average molecular weight is 403 g/mol. The summed E-state index contributed by atoms with van der Waals surface area (Å²) < 4.78 is 0. The van der Waals surface area contributed by atoms with Gasteiger partial charge in [-0.15, -0.1) is 10.2 Å². The van der Waals surface area contributed by atoms with E-state index in [1.54, 1.807) is 0 Å². The number of fused-ring (bicyclic) bond motifs is 2. The van der Waals surface area contributed by atoms with Crippen molar-refractivity contribution in [1.29, 1.82) is 0 Å². The van der Waals surface area contributed by atoms with Crippen LogP contribution in [0.5, 0.6) is 0 Å². The fourth-order valence-corrected chi connectivity index (χ4v) is 4.39. The van der Waals surface area contributed by atoms with Crippen molar-refractivity contribution < 1.29 is 0 Å². The summed E-state index contributed by atoms with van der Waals surface area (Å²) >= 11 is 12.8. The zero-order valence-electron chi connectivity index (χ0n) is 15.1. The van der Waals surface area contributed by atoms with Gasteiger partial charge in [0.1, 0.15) is 18.2 Å². The SMILES string of the molecule is CC1=CC2=C(N3CN(N4CCCC4)C=C3N=N2)N(c2cc(Cl)ccc2Cl)C1. The Bertz CT molecular complexity index is 913. The number of halogens is 2. The summed E-state index contributed by atoms with van der Waals surface area (Å²) in [5, 5.41) is 14.9. The van der Waals surface area contributed by atoms with E-state index < -0.39 is 0 Å². The van der Waals surface area contributed by atoms with Crippen LogP contribution in [-0.2, 0) is 0 Å². The minimum absolute atomic E-state index is 0.664. The normalized spacial score (nSPS) is 22.3. The lowest BCUT2D eigenvalue weighted by atomic mass is 10.1. The molecule has 1 aromatic carbocycles. The molecule has 0 amide bonds. The van der Waals surface area contributed by atoms with Crippen LogP contribution in [0.1, 0.15) is 19.8 Å². The molecule has 8 heteroatoms. The highest BCUT2D eigenvalue weighted by Crippen LogP contribution is 2.41. The Balaban J connectivity index is 1.55. The van der Waals surface area contributed by atoms with Gasteiger partial charge < -0.3 is 4.90 Å². The fraction of sp³-hybridized carbons (Fsp3) is 0.368. The largest absolute Gasteiger partial charge is 0.320 e. The van der Waals surface area contributed by atoms with E-state index in [9.17, 15) is 0 Å². The van der Waals surface area contributed by atoms with E-state index in [4.69, 9.17) is 23.2 Å². The zero-order valence-corrected chi connectivity index (χ0v) is 16.6. The molecule has 4 aliphatic rings. The molecule has 0 aliphatic carbocycles. The maximum Gasteiger partial charge on any atom is 0.176 e.